The van der Waals surface area contributed by atoms with Crippen molar-refractivity contribution in [1.29, 1.82) is 0 Å². The maximum absolute atomic E-state index is 13.0. The molecule has 0 radical (unpaired) electrons. The van der Waals surface area contributed by atoms with Crippen LogP contribution in [0.2, 0.25) is 0 Å². The normalized spacial score (nSPS) is 18.7. The van der Waals surface area contributed by atoms with Crippen LogP contribution >= 0.6 is 0 Å². The van der Waals surface area contributed by atoms with Gasteiger partial charge in [-0.2, -0.15) is 13.2 Å². The Balaban J connectivity index is 2.40. The standard InChI is InChI=1S/C17H24F3NO2S/c1-3-10-21(11-4-2)14-9-8-13-6-5-7-16(15(13)12-14)24(22,23)17(18,19)20/h5-7,14H,3-4,8-12H2,1-2H3/t14-/m0/s1. The Bertz CT molecular complexity index is 665. The second-order valence-electron chi connectivity index (χ2n) is 6.28. The Kier molecular flexibility index (Phi) is 5.96. The zero-order chi connectivity index (χ0) is 18.0. The van der Waals surface area contributed by atoms with Gasteiger partial charge < -0.3 is 4.90 Å². The highest BCUT2D eigenvalue weighted by Gasteiger charge is 2.48. The molecule has 0 spiro atoms. The topological polar surface area (TPSA) is 37.4 Å². The zero-order valence-corrected chi connectivity index (χ0v) is 14.9. The minimum Gasteiger partial charge on any atom is -0.300 e. The van der Waals surface area contributed by atoms with Crippen molar-refractivity contribution >= 4 is 9.84 Å². The number of hydrogen-bond acceptors (Lipinski definition) is 3. The number of hydrogen-bond donors (Lipinski definition) is 0. The lowest BCUT2D eigenvalue weighted by atomic mass is 9.87. The number of fused-ring (bicyclic) bond motifs is 1. The van der Waals surface area contributed by atoms with Crippen molar-refractivity contribution in [2.45, 2.75) is 62.4 Å². The van der Waals surface area contributed by atoms with E-state index < -0.39 is 20.2 Å². The van der Waals surface area contributed by atoms with Crippen molar-refractivity contribution in [3.63, 3.8) is 0 Å². The summed E-state index contributed by atoms with van der Waals surface area (Å²) in [5, 5.41) is 0. The highest BCUT2D eigenvalue weighted by atomic mass is 32.2. The number of nitrogens with zero attached hydrogens (tertiary/aromatic N) is 1. The lowest BCUT2D eigenvalue weighted by Crippen LogP contribution is -2.41. The Hall–Kier alpha value is -1.08. The second kappa shape index (κ2) is 7.44. The maximum Gasteiger partial charge on any atom is 0.501 e. The van der Waals surface area contributed by atoms with E-state index in [0.29, 0.717) is 18.4 Å². The predicted octanol–water partition coefficient (Wildman–Crippen LogP) is 3.96. The van der Waals surface area contributed by atoms with Gasteiger partial charge in [0, 0.05) is 6.04 Å². The molecule has 1 aliphatic rings. The van der Waals surface area contributed by atoms with Gasteiger partial charge in [0.1, 0.15) is 0 Å². The van der Waals surface area contributed by atoms with Crippen LogP contribution in [0.3, 0.4) is 0 Å². The summed E-state index contributed by atoms with van der Waals surface area (Å²) in [5.41, 5.74) is -4.19. The molecule has 0 heterocycles. The summed E-state index contributed by atoms with van der Waals surface area (Å²) in [6.45, 7) is 5.89. The summed E-state index contributed by atoms with van der Waals surface area (Å²) in [5.74, 6) is 0. The molecular formula is C17H24F3NO2S. The average molecular weight is 363 g/mol. The van der Waals surface area contributed by atoms with Crippen LogP contribution in [0.5, 0.6) is 0 Å². The fourth-order valence-electron chi connectivity index (χ4n) is 3.48. The van der Waals surface area contributed by atoms with E-state index in [4.69, 9.17) is 0 Å². The molecule has 1 atom stereocenters. The van der Waals surface area contributed by atoms with Gasteiger partial charge in [-0.3, -0.25) is 0 Å². The van der Waals surface area contributed by atoms with Gasteiger partial charge in [0.05, 0.1) is 4.90 Å². The van der Waals surface area contributed by atoms with Crippen molar-refractivity contribution < 1.29 is 21.6 Å². The van der Waals surface area contributed by atoms with E-state index in [1.807, 2.05) is 0 Å². The van der Waals surface area contributed by atoms with Crippen LogP contribution in [0, 0.1) is 0 Å². The monoisotopic (exact) mass is 363 g/mol. The Morgan fingerprint density at radius 3 is 2.33 bits per heavy atom. The van der Waals surface area contributed by atoms with Gasteiger partial charge in [-0.15, -0.1) is 0 Å². The largest absolute Gasteiger partial charge is 0.501 e. The molecule has 2 rings (SSSR count). The third-order valence-electron chi connectivity index (χ3n) is 4.55. The fourth-order valence-corrected chi connectivity index (χ4v) is 4.52. The van der Waals surface area contributed by atoms with Crippen LogP contribution in [-0.4, -0.2) is 38.0 Å². The summed E-state index contributed by atoms with van der Waals surface area (Å²) in [6.07, 6.45) is 3.76. The molecule has 24 heavy (non-hydrogen) atoms. The van der Waals surface area contributed by atoms with E-state index in [0.717, 1.165) is 44.0 Å². The predicted molar refractivity (Wildman–Crippen MR) is 87.7 cm³/mol. The first-order valence-corrected chi connectivity index (χ1v) is 9.86. The summed E-state index contributed by atoms with van der Waals surface area (Å²) in [7, 11) is -5.31. The van der Waals surface area contributed by atoms with Crippen LogP contribution in [0.15, 0.2) is 23.1 Å². The van der Waals surface area contributed by atoms with Gasteiger partial charge in [-0.1, -0.05) is 26.0 Å². The smallest absolute Gasteiger partial charge is 0.300 e. The SMILES string of the molecule is CCCN(CCC)[C@H]1CCc2cccc(S(=O)(=O)C(F)(F)F)c2C1. The van der Waals surface area contributed by atoms with Crippen molar-refractivity contribution in [2.75, 3.05) is 13.1 Å². The van der Waals surface area contributed by atoms with Crippen LogP contribution in [0.25, 0.3) is 0 Å². The molecule has 0 aromatic heterocycles. The molecule has 0 saturated carbocycles. The van der Waals surface area contributed by atoms with Crippen LogP contribution in [0.1, 0.15) is 44.2 Å². The third-order valence-corrected chi connectivity index (χ3v) is 6.12. The first-order chi connectivity index (χ1) is 11.2. The lowest BCUT2D eigenvalue weighted by Gasteiger charge is -2.35. The molecule has 1 aromatic rings. The highest BCUT2D eigenvalue weighted by molar-refractivity contribution is 7.92. The van der Waals surface area contributed by atoms with Gasteiger partial charge >= 0.3 is 5.51 Å². The lowest BCUT2D eigenvalue weighted by molar-refractivity contribution is -0.0436. The van der Waals surface area contributed by atoms with E-state index in [1.54, 1.807) is 6.07 Å². The molecule has 0 aliphatic heterocycles. The van der Waals surface area contributed by atoms with Crippen molar-refractivity contribution in [3.8, 4) is 0 Å². The molecule has 0 saturated heterocycles. The Morgan fingerprint density at radius 1 is 1.17 bits per heavy atom. The Labute approximate surface area is 141 Å². The van der Waals surface area contributed by atoms with Crippen LogP contribution in [-0.2, 0) is 22.7 Å². The molecular weight excluding hydrogens is 339 g/mol. The molecule has 136 valence electrons. The maximum atomic E-state index is 13.0. The van der Waals surface area contributed by atoms with Crippen molar-refractivity contribution in [3.05, 3.63) is 29.3 Å². The quantitative estimate of drug-likeness (QED) is 0.768. The van der Waals surface area contributed by atoms with E-state index in [9.17, 15) is 21.6 Å². The van der Waals surface area contributed by atoms with Gasteiger partial charge in [0.2, 0.25) is 0 Å². The molecule has 7 heteroatoms. The Morgan fingerprint density at radius 2 is 1.79 bits per heavy atom. The molecule has 0 unspecified atom stereocenters. The minimum atomic E-state index is -5.31. The molecule has 1 aliphatic carbocycles. The summed E-state index contributed by atoms with van der Waals surface area (Å²) >= 11 is 0. The van der Waals surface area contributed by atoms with E-state index in [1.165, 1.54) is 6.07 Å². The molecule has 0 amide bonds. The van der Waals surface area contributed by atoms with Gasteiger partial charge in [0.25, 0.3) is 9.84 Å². The number of benzene rings is 1. The summed E-state index contributed by atoms with van der Waals surface area (Å²) in [4.78, 5) is 1.71. The number of alkyl halides is 3. The number of sulfone groups is 1. The van der Waals surface area contributed by atoms with E-state index in [-0.39, 0.29) is 6.04 Å². The van der Waals surface area contributed by atoms with Crippen molar-refractivity contribution in [2.24, 2.45) is 0 Å². The zero-order valence-electron chi connectivity index (χ0n) is 14.1. The molecule has 0 bridgehead atoms. The van der Waals surface area contributed by atoms with Gasteiger partial charge in [-0.05, 0) is 62.4 Å². The minimum absolute atomic E-state index is 0.0991. The third kappa shape index (κ3) is 3.77. The fraction of sp³-hybridized carbons (Fsp3) is 0.647. The first-order valence-electron chi connectivity index (χ1n) is 8.38. The molecule has 0 N–H and O–H groups in total. The van der Waals surface area contributed by atoms with Crippen LogP contribution in [0.4, 0.5) is 13.2 Å². The van der Waals surface area contributed by atoms with Gasteiger partial charge in [-0.25, -0.2) is 8.42 Å². The van der Waals surface area contributed by atoms with Crippen molar-refractivity contribution in [1.82, 2.24) is 4.90 Å². The van der Waals surface area contributed by atoms with Gasteiger partial charge in [0.15, 0.2) is 0 Å². The molecule has 1 aromatic carbocycles. The number of aryl methyl sites for hydroxylation is 1. The highest BCUT2D eigenvalue weighted by Crippen LogP contribution is 2.36. The number of rotatable bonds is 6. The van der Waals surface area contributed by atoms with E-state index >= 15 is 0 Å². The second-order valence-corrected chi connectivity index (χ2v) is 8.19. The van der Waals surface area contributed by atoms with Crippen LogP contribution < -0.4 is 0 Å². The average Bonchev–Trinajstić information content (AvgIpc) is 2.52. The first kappa shape index (κ1) is 19.2. The summed E-state index contributed by atoms with van der Waals surface area (Å²) < 4.78 is 62.8. The van der Waals surface area contributed by atoms with E-state index in [2.05, 4.69) is 18.7 Å². The molecule has 3 nitrogen and oxygen atoms in total. The summed E-state index contributed by atoms with van der Waals surface area (Å²) in [6, 6.07) is 4.34. The molecule has 0 fully saturated rings. The number of halogens is 3.